The molecule has 2 rings (SSSR count). The first-order valence-corrected chi connectivity index (χ1v) is 7.10. The first kappa shape index (κ1) is 16.0. The predicted octanol–water partition coefficient (Wildman–Crippen LogP) is 1.03. The molecule has 22 heavy (non-hydrogen) atoms. The Bertz CT molecular complexity index is 565. The summed E-state index contributed by atoms with van der Waals surface area (Å²) in [6, 6.07) is 7.45. The van der Waals surface area contributed by atoms with Gasteiger partial charge in [0.2, 0.25) is 12.5 Å². The van der Waals surface area contributed by atoms with Gasteiger partial charge in [0, 0.05) is 5.54 Å². The van der Waals surface area contributed by atoms with Crippen LogP contribution in [0, 0.1) is 0 Å². The Morgan fingerprint density at radius 1 is 1.32 bits per heavy atom. The van der Waals surface area contributed by atoms with Crippen LogP contribution in [0.2, 0.25) is 0 Å². The van der Waals surface area contributed by atoms with E-state index in [1.165, 1.54) is 4.90 Å². The van der Waals surface area contributed by atoms with Crippen LogP contribution in [-0.2, 0) is 19.1 Å². The second-order valence-corrected chi connectivity index (χ2v) is 6.25. The van der Waals surface area contributed by atoms with E-state index in [0.717, 1.165) is 5.56 Å². The van der Waals surface area contributed by atoms with Gasteiger partial charge in [-0.1, -0.05) is 30.3 Å². The maximum absolute atomic E-state index is 12.4. The molecule has 6 heteroatoms. The number of hydrogen-bond acceptors (Lipinski definition) is 4. The Morgan fingerprint density at radius 3 is 2.50 bits per heavy atom. The molecule has 0 spiro atoms. The number of morpholine rings is 1. The summed E-state index contributed by atoms with van der Waals surface area (Å²) in [4.78, 5) is 37.1. The summed E-state index contributed by atoms with van der Waals surface area (Å²) < 4.78 is 5.12. The van der Waals surface area contributed by atoms with Crippen LogP contribution < -0.4 is 5.32 Å². The van der Waals surface area contributed by atoms with Crippen molar-refractivity contribution in [2.24, 2.45) is 0 Å². The van der Waals surface area contributed by atoms with Crippen LogP contribution in [0.1, 0.15) is 32.4 Å². The lowest BCUT2D eigenvalue weighted by atomic mass is 10.0. The highest BCUT2D eigenvalue weighted by molar-refractivity contribution is 6.04. The molecular weight excluding hydrogens is 284 g/mol. The zero-order valence-corrected chi connectivity index (χ0v) is 12.9. The highest BCUT2D eigenvalue weighted by atomic mass is 16.5. The maximum atomic E-state index is 12.4. The van der Waals surface area contributed by atoms with Gasteiger partial charge in [0.15, 0.2) is 0 Å². The third kappa shape index (κ3) is 3.44. The number of nitrogens with zero attached hydrogens (tertiary/aromatic N) is 1. The largest absolute Gasteiger partial charge is 0.461 e. The van der Waals surface area contributed by atoms with E-state index >= 15 is 0 Å². The molecule has 1 aliphatic rings. The average Bonchev–Trinajstić information content (AvgIpc) is 2.45. The number of cyclic esters (lactones) is 1. The molecule has 1 N–H and O–H groups in total. The van der Waals surface area contributed by atoms with Crippen molar-refractivity contribution in [3.8, 4) is 0 Å². The van der Waals surface area contributed by atoms with Crippen molar-refractivity contribution in [3.05, 3.63) is 35.9 Å². The highest BCUT2D eigenvalue weighted by Crippen LogP contribution is 2.27. The van der Waals surface area contributed by atoms with E-state index in [0.29, 0.717) is 6.41 Å². The molecule has 1 aliphatic heterocycles. The summed E-state index contributed by atoms with van der Waals surface area (Å²) in [6.45, 7) is 5.46. The summed E-state index contributed by atoms with van der Waals surface area (Å²) >= 11 is 0. The summed E-state index contributed by atoms with van der Waals surface area (Å²) in [7, 11) is 0. The molecule has 1 aromatic carbocycles. The lowest BCUT2D eigenvalue weighted by Gasteiger charge is -2.38. The van der Waals surface area contributed by atoms with Crippen LogP contribution in [-0.4, -0.2) is 41.4 Å². The SMILES string of the molecule is CC(C)(C)NC(=O)C1C(=O)OC[C@H](c2ccccc2)N1C=O. The highest BCUT2D eigenvalue weighted by Gasteiger charge is 2.43. The summed E-state index contributed by atoms with van der Waals surface area (Å²) in [6.07, 6.45) is 0.533. The van der Waals surface area contributed by atoms with E-state index in [9.17, 15) is 14.4 Å². The molecule has 1 unspecified atom stereocenters. The Morgan fingerprint density at radius 2 is 1.95 bits per heavy atom. The van der Waals surface area contributed by atoms with Crippen LogP contribution in [0.4, 0.5) is 0 Å². The molecule has 2 amide bonds. The fraction of sp³-hybridized carbons (Fsp3) is 0.438. The summed E-state index contributed by atoms with van der Waals surface area (Å²) in [5, 5.41) is 2.72. The molecule has 1 saturated heterocycles. The van der Waals surface area contributed by atoms with Gasteiger partial charge in [0.05, 0.1) is 6.04 Å². The standard InChI is InChI=1S/C16H20N2O4/c1-16(2,3)17-14(20)13-15(21)22-9-12(18(13)10-19)11-7-5-4-6-8-11/h4-8,10,12-13H,9H2,1-3H3,(H,17,20)/t12-,13?/m1/s1. The Balaban J connectivity index is 2.29. The van der Waals surface area contributed by atoms with Crippen molar-refractivity contribution in [2.45, 2.75) is 38.4 Å². The minimum Gasteiger partial charge on any atom is -0.461 e. The number of ether oxygens (including phenoxy) is 1. The zero-order chi connectivity index (χ0) is 16.3. The minimum absolute atomic E-state index is 0.0425. The lowest BCUT2D eigenvalue weighted by molar-refractivity contribution is -0.169. The third-order valence-electron chi connectivity index (χ3n) is 3.32. The second-order valence-electron chi connectivity index (χ2n) is 6.25. The molecular formula is C16H20N2O4. The lowest BCUT2D eigenvalue weighted by Crippen LogP contribution is -2.59. The number of hydrogen-bond donors (Lipinski definition) is 1. The number of benzene rings is 1. The fourth-order valence-corrected chi connectivity index (χ4v) is 2.39. The van der Waals surface area contributed by atoms with Gasteiger partial charge in [0.25, 0.3) is 5.91 Å². The Labute approximate surface area is 129 Å². The van der Waals surface area contributed by atoms with Gasteiger partial charge in [-0.25, -0.2) is 4.79 Å². The number of carbonyl (C=O) groups excluding carboxylic acids is 3. The van der Waals surface area contributed by atoms with Gasteiger partial charge < -0.3 is 15.0 Å². The number of amides is 2. The first-order valence-electron chi connectivity index (χ1n) is 7.10. The smallest absolute Gasteiger partial charge is 0.338 e. The zero-order valence-electron chi connectivity index (χ0n) is 12.9. The van der Waals surface area contributed by atoms with Crippen LogP contribution in [0.5, 0.6) is 0 Å². The number of rotatable bonds is 3. The van der Waals surface area contributed by atoms with Crippen molar-refractivity contribution >= 4 is 18.3 Å². The third-order valence-corrected chi connectivity index (χ3v) is 3.32. The molecule has 0 saturated carbocycles. The number of nitrogens with one attached hydrogen (secondary N) is 1. The van der Waals surface area contributed by atoms with Gasteiger partial charge in [-0.3, -0.25) is 9.59 Å². The van der Waals surface area contributed by atoms with Crippen LogP contribution >= 0.6 is 0 Å². The van der Waals surface area contributed by atoms with Crippen LogP contribution in [0.3, 0.4) is 0 Å². The molecule has 1 aromatic rings. The molecule has 2 atom stereocenters. The van der Waals surface area contributed by atoms with Crippen LogP contribution in [0.25, 0.3) is 0 Å². The van der Waals surface area contributed by atoms with Crippen molar-refractivity contribution in [1.82, 2.24) is 10.2 Å². The molecule has 1 fully saturated rings. The topological polar surface area (TPSA) is 75.7 Å². The summed E-state index contributed by atoms with van der Waals surface area (Å²) in [5.74, 6) is -1.24. The summed E-state index contributed by atoms with van der Waals surface area (Å²) in [5.41, 5.74) is 0.307. The molecule has 0 aromatic heterocycles. The van der Waals surface area contributed by atoms with Gasteiger partial charge in [-0.05, 0) is 26.3 Å². The van der Waals surface area contributed by atoms with Gasteiger partial charge in [-0.2, -0.15) is 0 Å². The molecule has 0 bridgehead atoms. The van der Waals surface area contributed by atoms with Gasteiger partial charge >= 0.3 is 5.97 Å². The van der Waals surface area contributed by atoms with E-state index in [4.69, 9.17) is 4.74 Å². The fourth-order valence-electron chi connectivity index (χ4n) is 2.39. The molecule has 6 nitrogen and oxygen atoms in total. The van der Waals surface area contributed by atoms with Crippen molar-refractivity contribution in [2.75, 3.05) is 6.61 Å². The van der Waals surface area contributed by atoms with Gasteiger partial charge in [-0.15, -0.1) is 0 Å². The number of esters is 1. The predicted molar refractivity (Wildman–Crippen MR) is 79.7 cm³/mol. The average molecular weight is 304 g/mol. The minimum atomic E-state index is -1.27. The van der Waals surface area contributed by atoms with E-state index in [-0.39, 0.29) is 6.61 Å². The van der Waals surface area contributed by atoms with Crippen molar-refractivity contribution in [1.29, 1.82) is 0 Å². The molecule has 0 aliphatic carbocycles. The quantitative estimate of drug-likeness (QED) is 0.514. The molecule has 118 valence electrons. The molecule has 1 heterocycles. The Kier molecular flexibility index (Phi) is 4.49. The van der Waals surface area contributed by atoms with E-state index < -0.39 is 29.5 Å². The monoisotopic (exact) mass is 304 g/mol. The normalized spacial score (nSPS) is 22.0. The van der Waals surface area contributed by atoms with Gasteiger partial charge in [0.1, 0.15) is 6.61 Å². The molecule has 0 radical (unpaired) electrons. The number of carbonyl (C=O) groups is 3. The van der Waals surface area contributed by atoms with Crippen molar-refractivity contribution in [3.63, 3.8) is 0 Å². The maximum Gasteiger partial charge on any atom is 0.338 e. The van der Waals surface area contributed by atoms with E-state index in [2.05, 4.69) is 5.32 Å². The van der Waals surface area contributed by atoms with Crippen LogP contribution in [0.15, 0.2) is 30.3 Å². The first-order chi connectivity index (χ1) is 10.3. The van der Waals surface area contributed by atoms with Crippen molar-refractivity contribution < 1.29 is 19.1 Å². The Hall–Kier alpha value is -2.37. The second kappa shape index (κ2) is 6.17. The van der Waals surface area contributed by atoms with E-state index in [1.807, 2.05) is 30.3 Å². The van der Waals surface area contributed by atoms with E-state index in [1.54, 1.807) is 20.8 Å².